The lowest BCUT2D eigenvalue weighted by Crippen LogP contribution is -2.33. The van der Waals surface area contributed by atoms with Crippen LogP contribution < -0.4 is 5.32 Å². The number of amides is 1. The molecule has 0 aromatic carbocycles. The summed E-state index contributed by atoms with van der Waals surface area (Å²) in [5.41, 5.74) is 2.17. The van der Waals surface area contributed by atoms with Crippen molar-refractivity contribution < 1.29 is 4.79 Å². The van der Waals surface area contributed by atoms with Gasteiger partial charge in [0.2, 0.25) is 5.91 Å². The Balaban J connectivity index is 1.65. The molecule has 2 N–H and O–H groups in total. The maximum absolute atomic E-state index is 12.2. The van der Waals surface area contributed by atoms with E-state index in [-0.39, 0.29) is 11.8 Å². The molecule has 116 valence electrons. The van der Waals surface area contributed by atoms with Gasteiger partial charge in [-0.2, -0.15) is 16.9 Å². The summed E-state index contributed by atoms with van der Waals surface area (Å²) >= 11 is 9.41. The predicted octanol–water partition coefficient (Wildman–Crippen LogP) is 4.36. The van der Waals surface area contributed by atoms with Crippen LogP contribution in [-0.2, 0) is 4.79 Å². The van der Waals surface area contributed by atoms with Crippen LogP contribution in [0.25, 0.3) is 10.6 Å². The summed E-state index contributed by atoms with van der Waals surface area (Å²) in [6, 6.07) is 3.91. The topological polar surface area (TPSA) is 57.8 Å². The van der Waals surface area contributed by atoms with Crippen LogP contribution in [0.5, 0.6) is 0 Å². The molecule has 0 spiro atoms. The Labute approximate surface area is 142 Å². The number of aromatic amines is 1. The van der Waals surface area contributed by atoms with Crippen LogP contribution in [0.15, 0.2) is 12.1 Å². The zero-order chi connectivity index (χ0) is 15.1. The molecule has 4 rings (SSSR count). The number of nitrogens with one attached hydrogen (secondary N) is 2. The first kappa shape index (κ1) is 14.6. The van der Waals surface area contributed by atoms with E-state index in [1.807, 2.05) is 23.9 Å². The Hall–Kier alpha value is -0.980. The minimum absolute atomic E-state index is 0.0987. The number of carbonyl (C=O) groups is 1. The van der Waals surface area contributed by atoms with Crippen LogP contribution in [0, 0.1) is 5.92 Å². The number of H-pyrrole nitrogens is 1. The van der Waals surface area contributed by atoms with Gasteiger partial charge < -0.3 is 5.32 Å². The van der Waals surface area contributed by atoms with Gasteiger partial charge in [-0.05, 0) is 30.9 Å². The third kappa shape index (κ3) is 2.57. The number of nitrogens with zero attached hydrogens (tertiary/aromatic N) is 1. The Morgan fingerprint density at radius 3 is 2.73 bits per heavy atom. The SMILES string of the molecule is O=C(Nc1n[nH]c(-c2ccc(Cl)s2)c1C1CCC1)C1CSC1. The average Bonchev–Trinajstić information content (AvgIpc) is 2.93. The van der Waals surface area contributed by atoms with Gasteiger partial charge in [-0.1, -0.05) is 18.0 Å². The number of aromatic nitrogens is 2. The number of rotatable bonds is 4. The molecule has 1 aliphatic heterocycles. The number of carbonyl (C=O) groups excluding carboxylic acids is 1. The Bertz CT molecular complexity index is 703. The molecule has 1 amide bonds. The first-order chi connectivity index (χ1) is 10.7. The molecule has 0 bridgehead atoms. The van der Waals surface area contributed by atoms with Crippen molar-refractivity contribution in [3.63, 3.8) is 0 Å². The molecule has 1 aliphatic carbocycles. The second-order valence-corrected chi connectivity index (χ2v) is 8.61. The number of thiophene rings is 1. The molecule has 2 aliphatic rings. The number of hydrogen-bond donors (Lipinski definition) is 2. The van der Waals surface area contributed by atoms with Crippen molar-refractivity contribution >= 4 is 46.4 Å². The zero-order valence-corrected chi connectivity index (χ0v) is 14.3. The minimum atomic E-state index is 0.0987. The van der Waals surface area contributed by atoms with Crippen molar-refractivity contribution in [2.45, 2.75) is 25.2 Å². The van der Waals surface area contributed by atoms with Crippen LogP contribution in [0.3, 0.4) is 0 Å². The summed E-state index contributed by atoms with van der Waals surface area (Å²) in [5, 5.41) is 10.5. The van der Waals surface area contributed by atoms with Gasteiger partial charge in [0.15, 0.2) is 5.82 Å². The number of hydrogen-bond acceptors (Lipinski definition) is 4. The molecule has 4 nitrogen and oxygen atoms in total. The number of thioether (sulfide) groups is 1. The highest BCUT2D eigenvalue weighted by Gasteiger charge is 2.32. The molecule has 0 radical (unpaired) electrons. The molecule has 3 heterocycles. The second-order valence-electron chi connectivity index (χ2n) is 5.82. The van der Waals surface area contributed by atoms with Gasteiger partial charge >= 0.3 is 0 Å². The van der Waals surface area contributed by atoms with Crippen LogP contribution in [0.4, 0.5) is 5.82 Å². The van der Waals surface area contributed by atoms with E-state index in [9.17, 15) is 4.79 Å². The summed E-state index contributed by atoms with van der Waals surface area (Å²) in [5.74, 6) is 3.27. The molecule has 0 atom stereocenters. The van der Waals surface area contributed by atoms with Crippen molar-refractivity contribution in [1.82, 2.24) is 10.2 Å². The molecule has 0 unspecified atom stereocenters. The first-order valence-electron chi connectivity index (χ1n) is 7.45. The van der Waals surface area contributed by atoms with E-state index in [1.54, 1.807) is 0 Å². The molecule has 1 saturated heterocycles. The van der Waals surface area contributed by atoms with Gasteiger partial charge in [-0.3, -0.25) is 9.89 Å². The predicted molar refractivity (Wildman–Crippen MR) is 92.9 cm³/mol. The Kier molecular flexibility index (Phi) is 3.92. The van der Waals surface area contributed by atoms with Gasteiger partial charge in [0.1, 0.15) is 0 Å². The lowest BCUT2D eigenvalue weighted by atomic mass is 9.79. The summed E-state index contributed by atoms with van der Waals surface area (Å²) < 4.78 is 0.765. The number of halogens is 1. The van der Waals surface area contributed by atoms with Crippen molar-refractivity contribution in [2.24, 2.45) is 5.92 Å². The fourth-order valence-electron chi connectivity index (χ4n) is 2.78. The van der Waals surface area contributed by atoms with E-state index < -0.39 is 0 Å². The quantitative estimate of drug-likeness (QED) is 0.858. The van der Waals surface area contributed by atoms with Crippen LogP contribution in [-0.4, -0.2) is 27.6 Å². The standard InChI is InChI=1S/C15H16ClN3OS2/c16-11-5-4-10(22-11)13-12(8-2-1-3-8)14(19-18-13)17-15(20)9-6-21-7-9/h4-5,8-9H,1-3,6-7H2,(H2,17,18,19,20). The van der Waals surface area contributed by atoms with Gasteiger partial charge in [-0.25, -0.2) is 0 Å². The highest BCUT2D eigenvalue weighted by Crippen LogP contribution is 2.45. The molecule has 2 aromatic rings. The lowest BCUT2D eigenvalue weighted by Gasteiger charge is -2.27. The molecule has 7 heteroatoms. The summed E-state index contributed by atoms with van der Waals surface area (Å²) in [4.78, 5) is 13.3. The minimum Gasteiger partial charge on any atom is -0.309 e. The third-order valence-corrected chi connectivity index (χ3v) is 6.91. The second kappa shape index (κ2) is 5.91. The summed E-state index contributed by atoms with van der Waals surface area (Å²) in [6.07, 6.45) is 3.56. The normalized spacial score (nSPS) is 18.8. The van der Waals surface area contributed by atoms with Gasteiger partial charge in [0, 0.05) is 17.1 Å². The van der Waals surface area contributed by atoms with E-state index in [2.05, 4.69) is 15.5 Å². The zero-order valence-electron chi connectivity index (χ0n) is 11.9. The van der Waals surface area contributed by atoms with Crippen molar-refractivity contribution in [3.05, 3.63) is 22.0 Å². The highest BCUT2D eigenvalue weighted by molar-refractivity contribution is 8.00. The van der Waals surface area contributed by atoms with Crippen LogP contribution in [0.2, 0.25) is 4.34 Å². The van der Waals surface area contributed by atoms with Gasteiger partial charge in [-0.15, -0.1) is 11.3 Å². The van der Waals surface area contributed by atoms with E-state index in [1.165, 1.54) is 17.8 Å². The van der Waals surface area contributed by atoms with Crippen molar-refractivity contribution in [3.8, 4) is 10.6 Å². The molecular formula is C15H16ClN3OS2. The maximum Gasteiger partial charge on any atom is 0.230 e. The average molecular weight is 354 g/mol. The van der Waals surface area contributed by atoms with E-state index in [0.29, 0.717) is 11.7 Å². The maximum atomic E-state index is 12.2. The van der Waals surface area contributed by atoms with Gasteiger partial charge in [0.25, 0.3) is 0 Å². The van der Waals surface area contributed by atoms with E-state index >= 15 is 0 Å². The first-order valence-corrected chi connectivity index (χ1v) is 9.80. The van der Waals surface area contributed by atoms with E-state index in [4.69, 9.17) is 11.6 Å². The molecule has 2 aromatic heterocycles. The Morgan fingerprint density at radius 1 is 1.36 bits per heavy atom. The summed E-state index contributed by atoms with van der Waals surface area (Å²) in [6.45, 7) is 0. The van der Waals surface area contributed by atoms with Crippen molar-refractivity contribution in [1.29, 1.82) is 0 Å². The van der Waals surface area contributed by atoms with Crippen LogP contribution in [0.1, 0.15) is 30.7 Å². The number of anilines is 1. The molecular weight excluding hydrogens is 338 g/mol. The lowest BCUT2D eigenvalue weighted by molar-refractivity contribution is -0.118. The van der Waals surface area contributed by atoms with Crippen LogP contribution >= 0.6 is 34.7 Å². The smallest absolute Gasteiger partial charge is 0.230 e. The Morgan fingerprint density at radius 2 is 2.18 bits per heavy atom. The molecule has 1 saturated carbocycles. The summed E-state index contributed by atoms with van der Waals surface area (Å²) in [7, 11) is 0. The van der Waals surface area contributed by atoms with Crippen molar-refractivity contribution in [2.75, 3.05) is 16.8 Å². The fraction of sp³-hybridized carbons (Fsp3) is 0.467. The monoisotopic (exact) mass is 353 g/mol. The fourth-order valence-corrected chi connectivity index (χ4v) is 4.61. The third-order valence-electron chi connectivity index (χ3n) is 4.39. The molecule has 2 fully saturated rings. The van der Waals surface area contributed by atoms with E-state index in [0.717, 1.165) is 44.8 Å². The highest BCUT2D eigenvalue weighted by atomic mass is 35.5. The molecule has 22 heavy (non-hydrogen) atoms. The van der Waals surface area contributed by atoms with Gasteiger partial charge in [0.05, 0.1) is 20.8 Å². The largest absolute Gasteiger partial charge is 0.309 e.